The highest BCUT2D eigenvalue weighted by atomic mass is 32.2. The molecule has 2 aromatic rings. The summed E-state index contributed by atoms with van der Waals surface area (Å²) in [5.41, 5.74) is 0.800. The van der Waals surface area contributed by atoms with Gasteiger partial charge in [-0.3, -0.25) is 4.79 Å². The first-order valence-corrected chi connectivity index (χ1v) is 8.03. The SMILES string of the molecule is CSC(CO)C(C)NC(=O)/C=C/c1cc2ccccc2o1. The fourth-order valence-electron chi connectivity index (χ4n) is 2.04. The number of amides is 1. The minimum Gasteiger partial charge on any atom is -0.457 e. The van der Waals surface area contributed by atoms with E-state index in [0.717, 1.165) is 11.0 Å². The third kappa shape index (κ3) is 4.12. The van der Waals surface area contributed by atoms with Crippen molar-refractivity contribution in [1.29, 1.82) is 0 Å². The number of carbonyl (C=O) groups is 1. The predicted molar refractivity (Wildman–Crippen MR) is 87.2 cm³/mol. The highest BCUT2D eigenvalue weighted by Gasteiger charge is 2.16. The molecule has 2 unspecified atom stereocenters. The molecule has 1 aromatic heterocycles. The lowest BCUT2D eigenvalue weighted by molar-refractivity contribution is -0.117. The number of hydrogen-bond acceptors (Lipinski definition) is 4. The maximum Gasteiger partial charge on any atom is 0.244 e. The quantitative estimate of drug-likeness (QED) is 0.806. The molecule has 2 rings (SSSR count). The summed E-state index contributed by atoms with van der Waals surface area (Å²) >= 11 is 1.53. The van der Waals surface area contributed by atoms with Crippen molar-refractivity contribution in [3.05, 3.63) is 42.2 Å². The maximum absolute atomic E-state index is 11.8. The van der Waals surface area contributed by atoms with Crippen molar-refractivity contribution >= 4 is 34.7 Å². The van der Waals surface area contributed by atoms with E-state index >= 15 is 0 Å². The normalized spacial score (nSPS) is 14.4. The molecule has 112 valence electrons. The molecule has 0 aliphatic rings. The van der Waals surface area contributed by atoms with Crippen LogP contribution in [0.2, 0.25) is 0 Å². The third-order valence-electron chi connectivity index (χ3n) is 3.25. The van der Waals surface area contributed by atoms with Crippen molar-refractivity contribution in [1.82, 2.24) is 5.32 Å². The molecule has 2 atom stereocenters. The van der Waals surface area contributed by atoms with Gasteiger partial charge in [0.1, 0.15) is 11.3 Å². The van der Waals surface area contributed by atoms with Crippen LogP contribution in [0.15, 0.2) is 40.8 Å². The van der Waals surface area contributed by atoms with Crippen molar-refractivity contribution in [2.24, 2.45) is 0 Å². The van der Waals surface area contributed by atoms with Crippen molar-refractivity contribution in [3.8, 4) is 0 Å². The van der Waals surface area contributed by atoms with Crippen LogP contribution in [0.1, 0.15) is 12.7 Å². The van der Waals surface area contributed by atoms with Gasteiger partial charge < -0.3 is 14.8 Å². The van der Waals surface area contributed by atoms with Crippen LogP contribution < -0.4 is 5.32 Å². The van der Waals surface area contributed by atoms with E-state index < -0.39 is 0 Å². The Morgan fingerprint density at radius 2 is 2.24 bits per heavy atom. The Kier molecular flexibility index (Phi) is 5.47. The number of benzene rings is 1. The lowest BCUT2D eigenvalue weighted by atomic mass is 10.2. The molecule has 5 heteroatoms. The highest BCUT2D eigenvalue weighted by molar-refractivity contribution is 7.99. The molecule has 2 N–H and O–H groups in total. The van der Waals surface area contributed by atoms with Gasteiger partial charge in [0, 0.05) is 22.8 Å². The lowest BCUT2D eigenvalue weighted by Crippen LogP contribution is -2.40. The Labute approximate surface area is 128 Å². The number of aliphatic hydroxyl groups excluding tert-OH is 1. The number of aliphatic hydroxyl groups is 1. The molecule has 4 nitrogen and oxygen atoms in total. The minimum absolute atomic E-state index is 0.00597. The largest absolute Gasteiger partial charge is 0.457 e. The van der Waals surface area contributed by atoms with Crippen LogP contribution >= 0.6 is 11.8 Å². The second-order valence-electron chi connectivity index (χ2n) is 4.77. The van der Waals surface area contributed by atoms with E-state index in [0.29, 0.717) is 5.76 Å². The second-order valence-corrected chi connectivity index (χ2v) is 5.85. The topological polar surface area (TPSA) is 62.5 Å². The van der Waals surface area contributed by atoms with Gasteiger partial charge in [-0.15, -0.1) is 0 Å². The van der Waals surface area contributed by atoms with Gasteiger partial charge in [-0.2, -0.15) is 11.8 Å². The zero-order valence-electron chi connectivity index (χ0n) is 12.1. The molecule has 0 spiro atoms. The molecule has 1 amide bonds. The Balaban J connectivity index is 1.98. The number of rotatable bonds is 6. The zero-order valence-corrected chi connectivity index (χ0v) is 12.9. The van der Waals surface area contributed by atoms with Gasteiger partial charge in [0.2, 0.25) is 5.91 Å². The van der Waals surface area contributed by atoms with Crippen LogP contribution in [-0.2, 0) is 4.79 Å². The molecule has 0 saturated heterocycles. The van der Waals surface area contributed by atoms with Crippen molar-refractivity contribution in [2.45, 2.75) is 18.2 Å². The molecule has 0 radical (unpaired) electrons. The highest BCUT2D eigenvalue weighted by Crippen LogP contribution is 2.19. The first-order valence-electron chi connectivity index (χ1n) is 6.75. The number of nitrogens with one attached hydrogen (secondary N) is 1. The van der Waals surface area contributed by atoms with Crippen molar-refractivity contribution in [2.75, 3.05) is 12.9 Å². The van der Waals surface area contributed by atoms with Gasteiger partial charge in [-0.1, -0.05) is 18.2 Å². The van der Waals surface area contributed by atoms with E-state index in [4.69, 9.17) is 4.42 Å². The van der Waals surface area contributed by atoms with Crippen LogP contribution in [0, 0.1) is 0 Å². The van der Waals surface area contributed by atoms with Gasteiger partial charge in [0.15, 0.2) is 0 Å². The van der Waals surface area contributed by atoms with Gasteiger partial charge in [-0.25, -0.2) is 0 Å². The Bertz CT molecular complexity index is 598. The number of furan rings is 1. The molecule has 0 aliphatic carbocycles. The van der Waals surface area contributed by atoms with Crippen LogP contribution in [0.3, 0.4) is 0 Å². The first-order chi connectivity index (χ1) is 10.1. The number of thioether (sulfide) groups is 1. The molecule has 21 heavy (non-hydrogen) atoms. The molecule has 0 fully saturated rings. The summed E-state index contributed by atoms with van der Waals surface area (Å²) in [4.78, 5) is 11.8. The molecule has 1 heterocycles. The monoisotopic (exact) mass is 305 g/mol. The maximum atomic E-state index is 11.8. The number of carbonyl (C=O) groups excluding carboxylic acids is 1. The van der Waals surface area contributed by atoms with Crippen LogP contribution in [0.5, 0.6) is 0 Å². The molecular formula is C16H19NO3S. The average Bonchev–Trinajstić information content (AvgIpc) is 2.89. The number of para-hydroxylation sites is 1. The van der Waals surface area contributed by atoms with Crippen LogP contribution in [0.25, 0.3) is 17.0 Å². The first kappa shape index (κ1) is 15.7. The zero-order chi connectivity index (χ0) is 15.2. The fourth-order valence-corrected chi connectivity index (χ4v) is 2.67. The van der Waals surface area contributed by atoms with E-state index in [-0.39, 0.29) is 23.8 Å². The Morgan fingerprint density at radius 1 is 1.48 bits per heavy atom. The van der Waals surface area contributed by atoms with Gasteiger partial charge >= 0.3 is 0 Å². The second kappa shape index (κ2) is 7.33. The summed E-state index contributed by atoms with van der Waals surface area (Å²) in [6.45, 7) is 1.92. The summed E-state index contributed by atoms with van der Waals surface area (Å²) < 4.78 is 5.60. The Hall–Kier alpha value is -1.72. The number of hydrogen-bond donors (Lipinski definition) is 2. The molecular weight excluding hydrogens is 286 g/mol. The fraction of sp³-hybridized carbons (Fsp3) is 0.312. The van der Waals surface area contributed by atoms with E-state index in [1.54, 1.807) is 6.08 Å². The molecule has 1 aromatic carbocycles. The van der Waals surface area contributed by atoms with E-state index in [1.807, 2.05) is 43.5 Å². The van der Waals surface area contributed by atoms with Gasteiger partial charge in [0.25, 0.3) is 0 Å². The molecule has 0 aliphatic heterocycles. The lowest BCUT2D eigenvalue weighted by Gasteiger charge is -2.20. The van der Waals surface area contributed by atoms with Crippen LogP contribution in [-0.4, -0.2) is 35.2 Å². The van der Waals surface area contributed by atoms with Gasteiger partial charge in [-0.05, 0) is 31.4 Å². The number of fused-ring (bicyclic) bond motifs is 1. The predicted octanol–water partition coefficient (Wildman–Crippen LogP) is 2.67. The van der Waals surface area contributed by atoms with Crippen molar-refractivity contribution < 1.29 is 14.3 Å². The summed E-state index contributed by atoms with van der Waals surface area (Å²) in [6, 6.07) is 9.49. The summed E-state index contributed by atoms with van der Waals surface area (Å²) in [7, 11) is 0. The standard InChI is InChI=1S/C16H19NO3S/c1-11(15(10-18)21-2)17-16(19)8-7-13-9-12-5-3-4-6-14(12)20-13/h3-9,11,15,18H,10H2,1-2H3,(H,17,19)/b8-7+. The van der Waals surface area contributed by atoms with Crippen LogP contribution in [0.4, 0.5) is 0 Å². The summed E-state index contributed by atoms with van der Waals surface area (Å²) in [5.74, 6) is 0.443. The van der Waals surface area contributed by atoms with E-state index in [2.05, 4.69) is 5.32 Å². The molecule has 0 saturated carbocycles. The van der Waals surface area contributed by atoms with Crippen molar-refractivity contribution in [3.63, 3.8) is 0 Å². The Morgan fingerprint density at radius 3 is 2.90 bits per heavy atom. The third-order valence-corrected chi connectivity index (χ3v) is 4.42. The van der Waals surface area contributed by atoms with E-state index in [9.17, 15) is 9.90 Å². The smallest absolute Gasteiger partial charge is 0.244 e. The summed E-state index contributed by atoms with van der Waals surface area (Å²) in [6.07, 6.45) is 5.01. The van der Waals surface area contributed by atoms with Gasteiger partial charge in [0.05, 0.1) is 6.61 Å². The minimum atomic E-state index is -0.199. The van der Waals surface area contributed by atoms with E-state index in [1.165, 1.54) is 17.8 Å². The molecule has 0 bridgehead atoms. The summed E-state index contributed by atoms with van der Waals surface area (Å²) in [5, 5.41) is 13.0. The average molecular weight is 305 g/mol.